The molecule has 0 saturated carbocycles. The number of nitrogens with one attached hydrogen (secondary N) is 1. The van der Waals surface area contributed by atoms with Gasteiger partial charge in [0, 0.05) is 25.9 Å². The highest BCUT2D eigenvalue weighted by Gasteiger charge is 2.42. The minimum atomic E-state index is -0.552. The van der Waals surface area contributed by atoms with Crippen molar-refractivity contribution in [2.75, 3.05) is 19.6 Å². The highest BCUT2D eigenvalue weighted by molar-refractivity contribution is 5.99. The largest absolute Gasteiger partial charge is 0.439 e. The van der Waals surface area contributed by atoms with Crippen LogP contribution < -0.4 is 5.43 Å². The van der Waals surface area contributed by atoms with E-state index in [-0.39, 0.29) is 12.0 Å². The molecule has 1 fully saturated rings. The van der Waals surface area contributed by atoms with Gasteiger partial charge >= 0.3 is 12.0 Å². The number of carbonyl (C=O) groups excluding carboxylic acids is 2. The molecule has 7 heteroatoms. The van der Waals surface area contributed by atoms with Crippen LogP contribution in [0.5, 0.6) is 0 Å². The molecule has 1 atom stereocenters. The summed E-state index contributed by atoms with van der Waals surface area (Å²) in [6.07, 6.45) is 0.419. The summed E-state index contributed by atoms with van der Waals surface area (Å²) >= 11 is 0. The SMILES string of the molecule is CCC(=O)OC1CN(CC)C(=O)N1C1=NNCC1. The molecule has 0 aromatic rings. The van der Waals surface area contributed by atoms with Crippen molar-refractivity contribution in [2.24, 2.45) is 5.10 Å². The first-order valence-corrected chi connectivity index (χ1v) is 6.24. The topological polar surface area (TPSA) is 74.2 Å². The Hall–Kier alpha value is -1.79. The van der Waals surface area contributed by atoms with Crippen LogP contribution in [-0.4, -0.2) is 53.5 Å². The van der Waals surface area contributed by atoms with E-state index in [1.165, 1.54) is 4.90 Å². The first kappa shape index (κ1) is 12.7. The molecule has 0 radical (unpaired) electrons. The zero-order valence-corrected chi connectivity index (χ0v) is 10.7. The number of hydrogen-bond acceptors (Lipinski definition) is 5. The second-order valence-corrected chi connectivity index (χ2v) is 4.18. The van der Waals surface area contributed by atoms with Gasteiger partial charge in [-0.05, 0) is 6.92 Å². The van der Waals surface area contributed by atoms with Crippen LogP contribution in [0.25, 0.3) is 0 Å². The van der Waals surface area contributed by atoms with E-state index in [2.05, 4.69) is 10.5 Å². The predicted molar refractivity (Wildman–Crippen MR) is 64.7 cm³/mol. The van der Waals surface area contributed by atoms with Crippen LogP contribution in [0.2, 0.25) is 0 Å². The van der Waals surface area contributed by atoms with Gasteiger partial charge in [-0.3, -0.25) is 4.79 Å². The van der Waals surface area contributed by atoms with Crippen LogP contribution in [0, 0.1) is 0 Å². The first-order valence-electron chi connectivity index (χ1n) is 6.24. The molecule has 2 rings (SSSR count). The molecule has 2 aliphatic heterocycles. The smallest absolute Gasteiger partial charge is 0.328 e. The molecule has 0 aromatic carbocycles. The average Bonchev–Trinajstić information content (AvgIpc) is 2.97. The number of likely N-dealkylation sites (N-methyl/N-ethyl adjacent to an activating group) is 1. The minimum absolute atomic E-state index is 0.145. The summed E-state index contributed by atoms with van der Waals surface area (Å²) in [6.45, 7) is 5.33. The summed E-state index contributed by atoms with van der Waals surface area (Å²) in [7, 11) is 0. The molecular formula is C11H18N4O3. The van der Waals surface area contributed by atoms with Gasteiger partial charge in [-0.15, -0.1) is 0 Å². The maximum Gasteiger partial charge on any atom is 0.328 e. The third-order valence-electron chi connectivity index (χ3n) is 3.03. The summed E-state index contributed by atoms with van der Waals surface area (Å²) in [5.74, 6) is 0.340. The third kappa shape index (κ3) is 2.25. The molecular weight excluding hydrogens is 236 g/mol. The van der Waals surface area contributed by atoms with E-state index >= 15 is 0 Å². The van der Waals surface area contributed by atoms with Gasteiger partial charge in [0.1, 0.15) is 5.84 Å². The summed E-state index contributed by atoms with van der Waals surface area (Å²) in [6, 6.07) is -0.145. The number of hydrazone groups is 1. The van der Waals surface area contributed by atoms with E-state index in [1.54, 1.807) is 11.8 Å². The monoisotopic (exact) mass is 254 g/mol. The lowest BCUT2D eigenvalue weighted by molar-refractivity contribution is -0.151. The Kier molecular flexibility index (Phi) is 3.69. The summed E-state index contributed by atoms with van der Waals surface area (Å²) in [5, 5.41) is 4.07. The van der Waals surface area contributed by atoms with Crippen molar-refractivity contribution in [2.45, 2.75) is 32.9 Å². The standard InChI is InChI=1S/C11H18N4O3/c1-3-10(16)18-9-7-14(4-2)11(17)15(9)8-5-6-12-13-8/h9,12H,3-7H2,1-2H3. The Balaban J connectivity index is 2.15. The average molecular weight is 254 g/mol. The van der Waals surface area contributed by atoms with Crippen LogP contribution >= 0.6 is 0 Å². The van der Waals surface area contributed by atoms with Crippen molar-refractivity contribution in [1.29, 1.82) is 0 Å². The highest BCUT2D eigenvalue weighted by Crippen LogP contribution is 2.20. The molecule has 1 N–H and O–H groups in total. The van der Waals surface area contributed by atoms with Crippen LogP contribution in [0.1, 0.15) is 26.7 Å². The van der Waals surface area contributed by atoms with Gasteiger partial charge < -0.3 is 15.1 Å². The van der Waals surface area contributed by atoms with Crippen LogP contribution in [0.3, 0.4) is 0 Å². The van der Waals surface area contributed by atoms with E-state index in [0.29, 0.717) is 38.3 Å². The number of esters is 1. The number of ether oxygens (including phenoxy) is 1. The van der Waals surface area contributed by atoms with Crippen molar-refractivity contribution >= 4 is 17.8 Å². The maximum absolute atomic E-state index is 12.2. The number of urea groups is 1. The number of nitrogens with zero attached hydrogens (tertiary/aromatic N) is 3. The molecule has 2 heterocycles. The van der Waals surface area contributed by atoms with E-state index < -0.39 is 6.23 Å². The van der Waals surface area contributed by atoms with Gasteiger partial charge in [0.25, 0.3) is 0 Å². The molecule has 2 aliphatic rings. The zero-order valence-electron chi connectivity index (χ0n) is 10.7. The van der Waals surface area contributed by atoms with Crippen LogP contribution in [-0.2, 0) is 9.53 Å². The lowest BCUT2D eigenvalue weighted by Gasteiger charge is -2.21. The summed E-state index contributed by atoms with van der Waals surface area (Å²) < 4.78 is 5.30. The number of rotatable bonds is 3. The highest BCUT2D eigenvalue weighted by atomic mass is 16.6. The Morgan fingerprint density at radius 1 is 1.56 bits per heavy atom. The Morgan fingerprint density at radius 3 is 2.89 bits per heavy atom. The molecule has 1 saturated heterocycles. The molecule has 18 heavy (non-hydrogen) atoms. The van der Waals surface area contributed by atoms with Crippen LogP contribution in [0.4, 0.5) is 4.79 Å². The predicted octanol–water partition coefficient (Wildman–Crippen LogP) is 0.330. The van der Waals surface area contributed by atoms with Gasteiger partial charge in [-0.1, -0.05) is 6.92 Å². The third-order valence-corrected chi connectivity index (χ3v) is 3.03. The number of amidine groups is 1. The molecule has 0 aliphatic carbocycles. The molecule has 2 amide bonds. The molecule has 0 spiro atoms. The molecule has 0 aromatic heterocycles. The van der Waals surface area contributed by atoms with Crippen molar-refractivity contribution < 1.29 is 14.3 Å². The van der Waals surface area contributed by atoms with E-state index in [9.17, 15) is 9.59 Å². The number of hydrogen-bond donors (Lipinski definition) is 1. The fourth-order valence-electron chi connectivity index (χ4n) is 2.03. The Bertz CT molecular complexity index is 382. The Labute approximate surface area is 106 Å². The van der Waals surface area contributed by atoms with Crippen molar-refractivity contribution in [3.63, 3.8) is 0 Å². The number of amides is 2. The fraction of sp³-hybridized carbons (Fsp3) is 0.727. The van der Waals surface area contributed by atoms with Gasteiger partial charge in [-0.2, -0.15) is 5.10 Å². The van der Waals surface area contributed by atoms with Gasteiger partial charge in [0.05, 0.1) is 6.54 Å². The van der Waals surface area contributed by atoms with E-state index in [1.807, 2.05) is 6.92 Å². The Morgan fingerprint density at radius 2 is 2.33 bits per heavy atom. The maximum atomic E-state index is 12.2. The van der Waals surface area contributed by atoms with E-state index in [0.717, 1.165) is 0 Å². The first-order chi connectivity index (χ1) is 8.67. The summed E-state index contributed by atoms with van der Waals surface area (Å²) in [5.41, 5.74) is 2.83. The fourth-order valence-corrected chi connectivity index (χ4v) is 2.03. The van der Waals surface area contributed by atoms with Crippen molar-refractivity contribution in [1.82, 2.24) is 15.2 Å². The van der Waals surface area contributed by atoms with Crippen molar-refractivity contribution in [3.05, 3.63) is 0 Å². The molecule has 100 valence electrons. The quantitative estimate of drug-likeness (QED) is 0.736. The number of carbonyl (C=O) groups is 2. The van der Waals surface area contributed by atoms with Crippen LogP contribution in [0.15, 0.2) is 5.10 Å². The van der Waals surface area contributed by atoms with Gasteiger partial charge in [0.15, 0.2) is 0 Å². The summed E-state index contributed by atoms with van der Waals surface area (Å²) in [4.78, 5) is 26.7. The normalized spacial score (nSPS) is 23.1. The molecule has 1 unspecified atom stereocenters. The zero-order chi connectivity index (χ0) is 13.1. The van der Waals surface area contributed by atoms with Gasteiger partial charge in [0.2, 0.25) is 6.23 Å². The lowest BCUT2D eigenvalue weighted by atomic mass is 10.3. The second kappa shape index (κ2) is 5.24. The van der Waals surface area contributed by atoms with E-state index in [4.69, 9.17) is 4.74 Å². The molecule has 7 nitrogen and oxygen atoms in total. The minimum Gasteiger partial charge on any atom is -0.439 e. The van der Waals surface area contributed by atoms with Crippen molar-refractivity contribution in [3.8, 4) is 0 Å². The van der Waals surface area contributed by atoms with Gasteiger partial charge in [-0.25, -0.2) is 9.69 Å². The molecule has 0 bridgehead atoms. The lowest BCUT2D eigenvalue weighted by Crippen LogP contribution is -2.41. The second-order valence-electron chi connectivity index (χ2n) is 4.18.